The Morgan fingerprint density at radius 2 is 2.21 bits per heavy atom. The topological polar surface area (TPSA) is 32.7 Å². The van der Waals surface area contributed by atoms with Gasteiger partial charge in [-0.25, -0.2) is 4.39 Å². The van der Waals surface area contributed by atoms with Crippen molar-refractivity contribution in [3.05, 3.63) is 29.6 Å². The zero-order valence-corrected chi connectivity index (χ0v) is 11.8. The van der Waals surface area contributed by atoms with Crippen LogP contribution in [0.3, 0.4) is 0 Å². The summed E-state index contributed by atoms with van der Waals surface area (Å²) in [5.41, 5.74) is 0.881. The van der Waals surface area contributed by atoms with Crippen LogP contribution >= 0.6 is 0 Å². The van der Waals surface area contributed by atoms with Gasteiger partial charge in [-0.3, -0.25) is 4.90 Å². The summed E-state index contributed by atoms with van der Waals surface area (Å²) in [6, 6.07) is 5.02. The lowest BCUT2D eigenvalue weighted by atomic mass is 9.80. The molecule has 0 bridgehead atoms. The summed E-state index contributed by atoms with van der Waals surface area (Å²) in [6.45, 7) is 6.40. The Balaban J connectivity index is 2.01. The smallest absolute Gasteiger partial charge is 0.165 e. The monoisotopic (exact) mass is 267 g/mol. The normalized spacial score (nSPS) is 23.3. The number of aliphatic hydroxyl groups is 1. The first-order valence-electron chi connectivity index (χ1n) is 6.65. The van der Waals surface area contributed by atoms with Gasteiger partial charge in [0.15, 0.2) is 11.6 Å². The van der Waals surface area contributed by atoms with Crippen LogP contribution in [-0.4, -0.2) is 36.3 Å². The number of β-amino-alcohol motifs (C(OH)–C–C–N with tert-alkyl or cyclic N) is 1. The molecule has 1 aliphatic heterocycles. The molecule has 1 heterocycles. The van der Waals surface area contributed by atoms with Crippen LogP contribution in [0.1, 0.15) is 25.8 Å². The van der Waals surface area contributed by atoms with E-state index in [1.54, 1.807) is 6.07 Å². The van der Waals surface area contributed by atoms with E-state index < -0.39 is 0 Å². The van der Waals surface area contributed by atoms with E-state index in [-0.39, 0.29) is 23.1 Å². The second-order valence-corrected chi connectivity index (χ2v) is 5.96. The fraction of sp³-hybridized carbons (Fsp3) is 0.600. The summed E-state index contributed by atoms with van der Waals surface area (Å²) in [7, 11) is 1.46. The number of ether oxygens (including phenoxy) is 1. The summed E-state index contributed by atoms with van der Waals surface area (Å²) >= 11 is 0. The molecule has 4 heteroatoms. The highest BCUT2D eigenvalue weighted by Crippen LogP contribution is 2.31. The molecule has 0 aromatic heterocycles. The van der Waals surface area contributed by atoms with Gasteiger partial charge in [0, 0.05) is 13.1 Å². The number of methoxy groups -OCH3 is 1. The molecule has 3 nitrogen and oxygen atoms in total. The number of piperidine rings is 1. The van der Waals surface area contributed by atoms with Crippen molar-refractivity contribution in [3.8, 4) is 5.75 Å². The van der Waals surface area contributed by atoms with Gasteiger partial charge in [0.25, 0.3) is 0 Å². The molecule has 1 aromatic rings. The SMILES string of the molecule is COc1ccc(CN2CCC(C)(C)C(O)C2)cc1F. The van der Waals surface area contributed by atoms with E-state index in [0.717, 1.165) is 18.5 Å². The third-order valence-electron chi connectivity index (χ3n) is 4.03. The van der Waals surface area contributed by atoms with Crippen molar-refractivity contribution in [2.45, 2.75) is 32.9 Å². The summed E-state index contributed by atoms with van der Waals surface area (Å²) in [6.07, 6.45) is 0.622. The van der Waals surface area contributed by atoms with Crippen LogP contribution in [0.4, 0.5) is 4.39 Å². The van der Waals surface area contributed by atoms with Crippen molar-refractivity contribution >= 4 is 0 Å². The number of benzene rings is 1. The molecule has 0 aliphatic carbocycles. The van der Waals surface area contributed by atoms with Crippen LogP contribution in [0.5, 0.6) is 5.75 Å². The highest BCUT2D eigenvalue weighted by Gasteiger charge is 2.33. The number of aliphatic hydroxyl groups excluding tert-OH is 1. The third-order valence-corrected chi connectivity index (χ3v) is 4.03. The number of hydrogen-bond donors (Lipinski definition) is 1. The van der Waals surface area contributed by atoms with E-state index in [2.05, 4.69) is 18.7 Å². The Labute approximate surface area is 114 Å². The van der Waals surface area contributed by atoms with Crippen molar-refractivity contribution in [1.82, 2.24) is 4.90 Å². The van der Waals surface area contributed by atoms with E-state index in [0.29, 0.717) is 13.1 Å². The van der Waals surface area contributed by atoms with Crippen molar-refractivity contribution in [1.29, 1.82) is 0 Å². The van der Waals surface area contributed by atoms with Gasteiger partial charge in [-0.15, -0.1) is 0 Å². The van der Waals surface area contributed by atoms with Crippen LogP contribution in [0.25, 0.3) is 0 Å². The summed E-state index contributed by atoms with van der Waals surface area (Å²) in [5.74, 6) is -0.0681. The van der Waals surface area contributed by atoms with E-state index in [9.17, 15) is 9.50 Å². The predicted molar refractivity (Wildman–Crippen MR) is 72.6 cm³/mol. The van der Waals surface area contributed by atoms with Gasteiger partial charge < -0.3 is 9.84 Å². The van der Waals surface area contributed by atoms with Crippen LogP contribution in [0, 0.1) is 11.2 Å². The van der Waals surface area contributed by atoms with Gasteiger partial charge in [-0.2, -0.15) is 0 Å². The lowest BCUT2D eigenvalue weighted by molar-refractivity contribution is -0.0278. The van der Waals surface area contributed by atoms with Crippen molar-refractivity contribution in [2.24, 2.45) is 5.41 Å². The first-order chi connectivity index (χ1) is 8.92. The molecular formula is C15H22FNO2. The second kappa shape index (κ2) is 5.47. The lowest BCUT2D eigenvalue weighted by Crippen LogP contribution is -2.47. The van der Waals surface area contributed by atoms with Gasteiger partial charge in [0.1, 0.15) is 0 Å². The molecule has 1 saturated heterocycles. The van der Waals surface area contributed by atoms with Crippen molar-refractivity contribution in [3.63, 3.8) is 0 Å². The largest absolute Gasteiger partial charge is 0.494 e. The maximum absolute atomic E-state index is 13.6. The summed E-state index contributed by atoms with van der Waals surface area (Å²) in [4.78, 5) is 2.16. The maximum Gasteiger partial charge on any atom is 0.165 e. The van der Waals surface area contributed by atoms with Crippen molar-refractivity contribution in [2.75, 3.05) is 20.2 Å². The molecule has 1 unspecified atom stereocenters. The van der Waals surface area contributed by atoms with E-state index in [1.807, 2.05) is 6.07 Å². The minimum atomic E-state index is -0.335. The van der Waals surface area contributed by atoms with E-state index in [4.69, 9.17) is 4.74 Å². The molecule has 1 fully saturated rings. The molecule has 0 saturated carbocycles. The Hall–Kier alpha value is -1.13. The zero-order valence-electron chi connectivity index (χ0n) is 11.8. The molecule has 1 aliphatic rings. The highest BCUT2D eigenvalue weighted by molar-refractivity contribution is 5.29. The predicted octanol–water partition coefficient (Wildman–Crippen LogP) is 2.43. The van der Waals surface area contributed by atoms with Crippen LogP contribution in [-0.2, 0) is 6.54 Å². The molecule has 2 rings (SSSR count). The number of likely N-dealkylation sites (tertiary alicyclic amines) is 1. The van der Waals surface area contributed by atoms with Crippen LogP contribution < -0.4 is 4.74 Å². The average molecular weight is 267 g/mol. The molecule has 1 N–H and O–H groups in total. The van der Waals surface area contributed by atoms with Gasteiger partial charge >= 0.3 is 0 Å². The fourth-order valence-corrected chi connectivity index (χ4v) is 2.41. The summed E-state index contributed by atoms with van der Waals surface area (Å²) in [5, 5.41) is 10.1. The molecule has 106 valence electrons. The number of hydrogen-bond acceptors (Lipinski definition) is 3. The molecule has 0 amide bonds. The summed E-state index contributed by atoms with van der Waals surface area (Å²) < 4.78 is 18.5. The van der Waals surface area contributed by atoms with Gasteiger partial charge in [-0.05, 0) is 36.1 Å². The zero-order chi connectivity index (χ0) is 14.0. The number of nitrogens with zero attached hydrogens (tertiary/aromatic N) is 1. The molecule has 0 radical (unpaired) electrons. The van der Waals surface area contributed by atoms with E-state index >= 15 is 0 Å². The molecular weight excluding hydrogens is 245 g/mol. The van der Waals surface area contributed by atoms with Gasteiger partial charge in [0.05, 0.1) is 13.2 Å². The second-order valence-electron chi connectivity index (χ2n) is 5.96. The van der Waals surface area contributed by atoms with Gasteiger partial charge in [0.2, 0.25) is 0 Å². The quantitative estimate of drug-likeness (QED) is 0.913. The van der Waals surface area contributed by atoms with E-state index in [1.165, 1.54) is 13.2 Å². The Morgan fingerprint density at radius 1 is 1.47 bits per heavy atom. The maximum atomic E-state index is 13.6. The Kier molecular flexibility index (Phi) is 4.11. The minimum absolute atomic E-state index is 0.0261. The van der Waals surface area contributed by atoms with Crippen LogP contribution in [0.2, 0.25) is 0 Å². The van der Waals surface area contributed by atoms with Crippen molar-refractivity contribution < 1.29 is 14.2 Å². The van der Waals surface area contributed by atoms with Crippen LogP contribution in [0.15, 0.2) is 18.2 Å². The Bertz CT molecular complexity index is 448. The first-order valence-corrected chi connectivity index (χ1v) is 6.65. The fourth-order valence-electron chi connectivity index (χ4n) is 2.41. The standard InChI is InChI=1S/C15H22FNO2/c1-15(2)6-7-17(10-14(15)18)9-11-4-5-13(19-3)12(16)8-11/h4-5,8,14,18H,6-7,9-10H2,1-3H3. The molecule has 1 atom stereocenters. The first kappa shape index (κ1) is 14.3. The third kappa shape index (κ3) is 3.25. The molecule has 0 spiro atoms. The lowest BCUT2D eigenvalue weighted by Gasteiger charge is -2.41. The Morgan fingerprint density at radius 3 is 2.79 bits per heavy atom. The molecule has 19 heavy (non-hydrogen) atoms. The highest BCUT2D eigenvalue weighted by atomic mass is 19.1. The van der Waals surface area contributed by atoms with Gasteiger partial charge in [-0.1, -0.05) is 19.9 Å². The number of rotatable bonds is 3. The minimum Gasteiger partial charge on any atom is -0.494 e. The number of halogens is 1. The average Bonchev–Trinajstić information content (AvgIpc) is 2.35. The molecule has 1 aromatic carbocycles.